The number of nitrogens with two attached hydrogens (primary N) is 1. The van der Waals surface area contributed by atoms with Crippen molar-refractivity contribution in [3.8, 4) is 0 Å². The maximum absolute atomic E-state index is 12.0. The summed E-state index contributed by atoms with van der Waals surface area (Å²) in [7, 11) is -2.05. The Hall–Kier alpha value is -2.55. The van der Waals surface area contributed by atoms with Gasteiger partial charge in [-0.1, -0.05) is 5.16 Å². The largest absolute Gasteiger partial charge is 0.409 e. The van der Waals surface area contributed by atoms with Crippen LogP contribution in [-0.4, -0.2) is 29.0 Å². The molecular formula is C11H13N5O3S. The van der Waals surface area contributed by atoms with Crippen molar-refractivity contribution in [3.63, 3.8) is 0 Å². The topological polar surface area (TPSA) is 123 Å². The second-order valence-corrected chi connectivity index (χ2v) is 5.67. The van der Waals surface area contributed by atoms with Gasteiger partial charge in [0, 0.05) is 24.5 Å². The molecule has 0 saturated heterocycles. The number of imidazole rings is 1. The smallest absolute Gasteiger partial charge is 0.280 e. The lowest BCUT2D eigenvalue weighted by atomic mass is 10.2. The number of hydrogen-bond donors (Lipinski definition) is 3. The summed E-state index contributed by atoms with van der Waals surface area (Å²) in [6.45, 7) is 0. The van der Waals surface area contributed by atoms with Crippen molar-refractivity contribution in [1.29, 1.82) is 0 Å². The van der Waals surface area contributed by atoms with Crippen LogP contribution in [0.15, 0.2) is 47.0 Å². The molecule has 0 spiro atoms. The number of hydrogen-bond acceptors (Lipinski definition) is 5. The Morgan fingerprint density at radius 3 is 2.55 bits per heavy atom. The van der Waals surface area contributed by atoms with Crippen molar-refractivity contribution in [2.24, 2.45) is 17.9 Å². The third-order valence-corrected chi connectivity index (χ3v) is 3.76. The van der Waals surface area contributed by atoms with Crippen LogP contribution in [0.5, 0.6) is 0 Å². The first-order valence-corrected chi connectivity index (χ1v) is 6.99. The predicted octanol–water partition coefficient (Wildman–Crippen LogP) is 0.315. The molecule has 1 aromatic carbocycles. The van der Waals surface area contributed by atoms with Crippen LogP contribution in [0.3, 0.4) is 0 Å². The van der Waals surface area contributed by atoms with Crippen molar-refractivity contribution in [1.82, 2.24) is 9.55 Å². The molecule has 0 amide bonds. The standard InChI is InChI=1S/C11H13N5O3S/c1-16-6-10(13-7-16)20(18,19)15-9-4-2-8(3-5-9)11(12)14-17/h2-7,15,17H,1H3,(H2,12,14). The molecule has 0 unspecified atom stereocenters. The number of benzene rings is 1. The molecule has 4 N–H and O–H groups in total. The van der Waals surface area contributed by atoms with Crippen LogP contribution in [0.25, 0.3) is 0 Å². The predicted molar refractivity (Wildman–Crippen MR) is 73.0 cm³/mol. The zero-order valence-electron chi connectivity index (χ0n) is 10.6. The molecule has 2 rings (SSSR count). The van der Waals surface area contributed by atoms with Gasteiger partial charge in [-0.05, 0) is 24.3 Å². The van der Waals surface area contributed by atoms with Gasteiger partial charge in [-0.3, -0.25) is 4.72 Å². The number of aromatic nitrogens is 2. The third-order valence-electron chi connectivity index (χ3n) is 2.50. The van der Waals surface area contributed by atoms with Gasteiger partial charge >= 0.3 is 0 Å². The normalized spacial score (nSPS) is 12.3. The summed E-state index contributed by atoms with van der Waals surface area (Å²) in [6.07, 6.45) is 2.79. The molecule has 0 aliphatic rings. The fourth-order valence-electron chi connectivity index (χ4n) is 1.50. The average Bonchev–Trinajstić information content (AvgIpc) is 2.86. The van der Waals surface area contributed by atoms with Gasteiger partial charge < -0.3 is 15.5 Å². The van der Waals surface area contributed by atoms with Gasteiger partial charge in [0.25, 0.3) is 10.0 Å². The molecular weight excluding hydrogens is 282 g/mol. The Bertz CT molecular complexity index is 734. The van der Waals surface area contributed by atoms with Gasteiger partial charge in [-0.15, -0.1) is 0 Å². The van der Waals surface area contributed by atoms with Crippen molar-refractivity contribution in [3.05, 3.63) is 42.4 Å². The molecule has 0 radical (unpaired) electrons. The third kappa shape index (κ3) is 2.88. The molecule has 1 aromatic heterocycles. The van der Waals surface area contributed by atoms with Gasteiger partial charge in [0.2, 0.25) is 0 Å². The molecule has 0 fully saturated rings. The summed E-state index contributed by atoms with van der Waals surface area (Å²) in [4.78, 5) is 3.78. The van der Waals surface area contributed by atoms with E-state index >= 15 is 0 Å². The van der Waals surface area contributed by atoms with E-state index in [1.807, 2.05) is 0 Å². The summed E-state index contributed by atoms with van der Waals surface area (Å²) in [5, 5.41) is 11.3. The van der Waals surface area contributed by atoms with E-state index in [1.54, 1.807) is 7.05 Å². The molecule has 20 heavy (non-hydrogen) atoms. The number of oxime groups is 1. The lowest BCUT2D eigenvalue weighted by Crippen LogP contribution is -2.15. The number of anilines is 1. The van der Waals surface area contributed by atoms with Gasteiger partial charge in [0.15, 0.2) is 10.9 Å². The van der Waals surface area contributed by atoms with Crippen LogP contribution < -0.4 is 10.5 Å². The van der Waals surface area contributed by atoms with Crippen LogP contribution >= 0.6 is 0 Å². The molecule has 9 heteroatoms. The highest BCUT2D eigenvalue weighted by atomic mass is 32.2. The SMILES string of the molecule is Cn1cnc(S(=O)(=O)Nc2ccc(C(N)=NO)cc2)c1. The fraction of sp³-hybridized carbons (Fsp3) is 0.0909. The Kier molecular flexibility index (Phi) is 3.61. The number of sulfonamides is 1. The minimum atomic E-state index is -3.72. The van der Waals surface area contributed by atoms with E-state index < -0.39 is 10.0 Å². The summed E-state index contributed by atoms with van der Waals surface area (Å²) in [5.74, 6) is -0.0517. The highest BCUT2D eigenvalue weighted by Gasteiger charge is 2.16. The van der Waals surface area contributed by atoms with Gasteiger partial charge in [0.1, 0.15) is 0 Å². The zero-order chi connectivity index (χ0) is 14.8. The van der Waals surface area contributed by atoms with E-state index in [2.05, 4.69) is 14.9 Å². The van der Waals surface area contributed by atoms with Gasteiger partial charge in [-0.25, -0.2) is 4.98 Å². The minimum absolute atomic E-state index is 0.0517. The lowest BCUT2D eigenvalue weighted by molar-refractivity contribution is 0.318. The molecule has 8 nitrogen and oxygen atoms in total. The fourth-order valence-corrected chi connectivity index (χ4v) is 2.54. The van der Waals surface area contributed by atoms with E-state index in [0.29, 0.717) is 11.3 Å². The second kappa shape index (κ2) is 5.21. The number of nitrogens with one attached hydrogen (secondary N) is 1. The number of amidine groups is 1. The van der Waals surface area contributed by atoms with Crippen molar-refractivity contribution in [2.75, 3.05) is 4.72 Å². The lowest BCUT2D eigenvalue weighted by Gasteiger charge is -2.06. The van der Waals surface area contributed by atoms with E-state index in [-0.39, 0.29) is 10.9 Å². The molecule has 0 atom stereocenters. The van der Waals surface area contributed by atoms with Crippen molar-refractivity contribution in [2.45, 2.75) is 5.03 Å². The first-order chi connectivity index (χ1) is 9.42. The van der Waals surface area contributed by atoms with E-state index in [4.69, 9.17) is 10.9 Å². The Labute approximate surface area is 115 Å². The monoisotopic (exact) mass is 295 g/mol. The maximum Gasteiger partial charge on any atom is 0.280 e. The van der Waals surface area contributed by atoms with E-state index in [9.17, 15) is 8.42 Å². The quantitative estimate of drug-likeness (QED) is 0.324. The Balaban J connectivity index is 2.22. The first-order valence-electron chi connectivity index (χ1n) is 5.51. The summed E-state index contributed by atoms with van der Waals surface area (Å²) >= 11 is 0. The van der Waals surface area contributed by atoms with E-state index in [1.165, 1.54) is 41.4 Å². The van der Waals surface area contributed by atoms with Gasteiger partial charge in [-0.2, -0.15) is 8.42 Å². The molecule has 2 aromatic rings. The van der Waals surface area contributed by atoms with Crippen LogP contribution in [0.4, 0.5) is 5.69 Å². The highest BCUT2D eigenvalue weighted by molar-refractivity contribution is 7.92. The van der Waals surface area contributed by atoms with E-state index in [0.717, 1.165) is 0 Å². The summed E-state index contributed by atoms with van der Waals surface area (Å²) in [6, 6.07) is 6.08. The molecule has 106 valence electrons. The van der Waals surface area contributed by atoms with Crippen LogP contribution in [0, 0.1) is 0 Å². The number of aryl methyl sites for hydroxylation is 1. The van der Waals surface area contributed by atoms with Crippen LogP contribution in [-0.2, 0) is 17.1 Å². The Morgan fingerprint density at radius 1 is 1.40 bits per heavy atom. The summed E-state index contributed by atoms with van der Waals surface area (Å²) < 4.78 is 28.0. The highest BCUT2D eigenvalue weighted by Crippen LogP contribution is 2.15. The molecule has 0 saturated carbocycles. The Morgan fingerprint density at radius 2 is 2.05 bits per heavy atom. The molecule has 1 heterocycles. The van der Waals surface area contributed by atoms with Crippen molar-refractivity contribution >= 4 is 21.5 Å². The number of rotatable bonds is 4. The van der Waals surface area contributed by atoms with Crippen LogP contribution in [0.1, 0.15) is 5.56 Å². The maximum atomic E-state index is 12.0. The van der Waals surface area contributed by atoms with Crippen molar-refractivity contribution < 1.29 is 13.6 Å². The minimum Gasteiger partial charge on any atom is -0.409 e. The molecule has 0 aliphatic heterocycles. The second-order valence-electron chi connectivity index (χ2n) is 4.05. The molecule has 0 bridgehead atoms. The average molecular weight is 295 g/mol. The first kappa shape index (κ1) is 13.9. The summed E-state index contributed by atoms with van der Waals surface area (Å²) in [5.41, 5.74) is 6.25. The van der Waals surface area contributed by atoms with Crippen LogP contribution in [0.2, 0.25) is 0 Å². The number of nitrogens with zero attached hydrogens (tertiary/aromatic N) is 3. The zero-order valence-corrected chi connectivity index (χ0v) is 11.4. The molecule has 0 aliphatic carbocycles. The van der Waals surface area contributed by atoms with Gasteiger partial charge in [0.05, 0.1) is 6.33 Å².